The van der Waals surface area contributed by atoms with E-state index in [-0.39, 0.29) is 23.7 Å². The summed E-state index contributed by atoms with van der Waals surface area (Å²) in [6.45, 7) is 0.697. The summed E-state index contributed by atoms with van der Waals surface area (Å²) < 4.78 is 30.8. The van der Waals surface area contributed by atoms with Crippen LogP contribution in [0, 0.1) is 11.3 Å². The summed E-state index contributed by atoms with van der Waals surface area (Å²) in [6, 6.07) is 4.54. The molecule has 1 aromatic rings. The maximum Gasteiger partial charge on any atom is 0.246 e. The van der Waals surface area contributed by atoms with Crippen molar-refractivity contribution in [2.24, 2.45) is 5.73 Å². The van der Waals surface area contributed by atoms with Crippen molar-refractivity contribution in [3.8, 4) is 6.07 Å². The van der Waals surface area contributed by atoms with Gasteiger partial charge in [0.15, 0.2) is 0 Å². The average Bonchev–Trinajstić information content (AvgIpc) is 2.39. The lowest BCUT2D eigenvalue weighted by atomic mass is 10.4. The van der Waals surface area contributed by atoms with E-state index in [1.54, 1.807) is 0 Å². The zero-order valence-corrected chi connectivity index (χ0v) is 10.3. The second kappa shape index (κ2) is 4.99. The number of hydrogen-bond acceptors (Lipinski definition) is 6. The van der Waals surface area contributed by atoms with Crippen molar-refractivity contribution < 1.29 is 13.2 Å². The van der Waals surface area contributed by atoms with Gasteiger partial charge in [-0.15, -0.1) is 0 Å². The zero-order valence-electron chi connectivity index (χ0n) is 9.48. The molecule has 0 bridgehead atoms. The maximum absolute atomic E-state index is 12.3. The minimum atomic E-state index is -3.68. The van der Waals surface area contributed by atoms with E-state index in [1.165, 1.54) is 16.4 Å². The van der Waals surface area contributed by atoms with Crippen LogP contribution in [0.15, 0.2) is 23.2 Å². The van der Waals surface area contributed by atoms with Crippen molar-refractivity contribution in [2.75, 3.05) is 19.8 Å². The Morgan fingerprint density at radius 1 is 1.56 bits per heavy atom. The topological polar surface area (TPSA) is 109 Å². The normalized spacial score (nSPS) is 21.4. The molecule has 2 N–H and O–H groups in total. The minimum absolute atomic E-state index is 0.0267. The van der Waals surface area contributed by atoms with Gasteiger partial charge in [0.25, 0.3) is 0 Å². The van der Waals surface area contributed by atoms with Gasteiger partial charge in [0.05, 0.1) is 19.4 Å². The lowest BCUT2D eigenvalue weighted by molar-refractivity contribution is 0.0350. The third-order valence-corrected chi connectivity index (χ3v) is 4.48. The van der Waals surface area contributed by atoms with Gasteiger partial charge < -0.3 is 10.5 Å². The van der Waals surface area contributed by atoms with Gasteiger partial charge in [-0.05, 0) is 12.1 Å². The number of ether oxygens (including phenoxy) is 1. The number of nitrogens with zero attached hydrogens (tertiary/aromatic N) is 3. The average molecular weight is 268 g/mol. The zero-order chi connectivity index (χ0) is 13.2. The smallest absolute Gasteiger partial charge is 0.246 e. The fraction of sp³-hybridized carbons (Fsp3) is 0.400. The van der Waals surface area contributed by atoms with Gasteiger partial charge in [0.2, 0.25) is 10.0 Å². The van der Waals surface area contributed by atoms with Crippen molar-refractivity contribution in [3.05, 3.63) is 24.0 Å². The fourth-order valence-corrected chi connectivity index (χ4v) is 3.07. The molecular weight excluding hydrogens is 256 g/mol. The van der Waals surface area contributed by atoms with E-state index in [4.69, 9.17) is 15.7 Å². The summed E-state index contributed by atoms with van der Waals surface area (Å²) in [5.74, 6) is 0. The number of rotatable bonds is 2. The van der Waals surface area contributed by atoms with Gasteiger partial charge in [-0.25, -0.2) is 13.4 Å². The van der Waals surface area contributed by atoms with Crippen molar-refractivity contribution in [2.45, 2.75) is 11.1 Å². The molecule has 0 amide bonds. The molecule has 0 spiro atoms. The SMILES string of the molecule is N#Cc1ccc(S(=O)(=O)N2CCOCC2N)cn1. The number of morpholine rings is 1. The lowest BCUT2D eigenvalue weighted by Gasteiger charge is -2.31. The van der Waals surface area contributed by atoms with Crippen molar-refractivity contribution in [1.82, 2.24) is 9.29 Å². The van der Waals surface area contributed by atoms with E-state index < -0.39 is 16.2 Å². The Kier molecular flexibility index (Phi) is 3.58. The first-order valence-electron chi connectivity index (χ1n) is 5.27. The Labute approximate surface area is 105 Å². The molecule has 1 unspecified atom stereocenters. The van der Waals surface area contributed by atoms with E-state index >= 15 is 0 Å². The van der Waals surface area contributed by atoms with Crippen LogP contribution in [0.1, 0.15) is 5.69 Å². The second-order valence-electron chi connectivity index (χ2n) is 3.75. The van der Waals surface area contributed by atoms with Gasteiger partial charge in [0, 0.05) is 12.7 Å². The highest BCUT2D eigenvalue weighted by molar-refractivity contribution is 7.89. The molecule has 0 aliphatic carbocycles. The highest BCUT2D eigenvalue weighted by Gasteiger charge is 2.32. The number of sulfonamides is 1. The largest absolute Gasteiger partial charge is 0.377 e. The molecule has 1 saturated heterocycles. The Balaban J connectivity index is 2.32. The van der Waals surface area contributed by atoms with E-state index in [1.807, 2.05) is 6.07 Å². The standard InChI is InChI=1S/C10H12N4O3S/c11-5-8-1-2-9(6-13-8)18(15,16)14-3-4-17-7-10(14)12/h1-2,6,10H,3-4,7,12H2. The van der Waals surface area contributed by atoms with E-state index in [2.05, 4.69) is 4.98 Å². The molecule has 0 saturated carbocycles. The van der Waals surface area contributed by atoms with Crippen LogP contribution in [-0.4, -0.2) is 43.6 Å². The lowest BCUT2D eigenvalue weighted by Crippen LogP contribution is -2.53. The van der Waals surface area contributed by atoms with Crippen LogP contribution in [0.3, 0.4) is 0 Å². The number of pyridine rings is 1. The highest BCUT2D eigenvalue weighted by atomic mass is 32.2. The molecule has 2 heterocycles. The predicted octanol–water partition coefficient (Wildman–Crippen LogP) is -0.741. The Morgan fingerprint density at radius 2 is 2.33 bits per heavy atom. The number of nitriles is 1. The Morgan fingerprint density at radius 3 is 2.89 bits per heavy atom. The van der Waals surface area contributed by atoms with E-state index in [0.717, 1.165) is 6.20 Å². The molecule has 8 heteroatoms. The highest BCUT2D eigenvalue weighted by Crippen LogP contribution is 2.18. The van der Waals surface area contributed by atoms with Crippen LogP contribution in [0.4, 0.5) is 0 Å². The Hall–Kier alpha value is -1.53. The fourth-order valence-electron chi connectivity index (χ4n) is 1.64. The first kappa shape index (κ1) is 12.9. The van der Waals surface area contributed by atoms with E-state index in [0.29, 0.717) is 6.61 Å². The van der Waals surface area contributed by atoms with Gasteiger partial charge >= 0.3 is 0 Å². The number of aromatic nitrogens is 1. The summed E-state index contributed by atoms with van der Waals surface area (Å²) in [4.78, 5) is 3.77. The summed E-state index contributed by atoms with van der Waals surface area (Å²) in [7, 11) is -3.68. The van der Waals surface area contributed by atoms with Gasteiger partial charge in [-0.1, -0.05) is 0 Å². The molecule has 2 rings (SSSR count). The molecule has 1 atom stereocenters. The monoisotopic (exact) mass is 268 g/mol. The van der Waals surface area contributed by atoms with Gasteiger partial charge in [0.1, 0.15) is 16.7 Å². The molecule has 96 valence electrons. The third kappa shape index (κ3) is 2.34. The molecule has 0 radical (unpaired) electrons. The molecule has 1 aliphatic heterocycles. The predicted molar refractivity (Wildman–Crippen MR) is 61.6 cm³/mol. The number of nitrogens with two attached hydrogens (primary N) is 1. The van der Waals surface area contributed by atoms with Gasteiger partial charge in [-0.2, -0.15) is 9.57 Å². The third-order valence-electron chi connectivity index (χ3n) is 2.57. The number of hydrogen-bond donors (Lipinski definition) is 1. The van der Waals surface area contributed by atoms with Crippen LogP contribution in [0.5, 0.6) is 0 Å². The van der Waals surface area contributed by atoms with Crippen LogP contribution in [-0.2, 0) is 14.8 Å². The van der Waals surface area contributed by atoms with Crippen LogP contribution >= 0.6 is 0 Å². The van der Waals surface area contributed by atoms with Crippen LogP contribution < -0.4 is 5.73 Å². The second-order valence-corrected chi connectivity index (χ2v) is 5.64. The maximum atomic E-state index is 12.3. The van der Waals surface area contributed by atoms with E-state index in [9.17, 15) is 8.42 Å². The van der Waals surface area contributed by atoms with Crippen molar-refractivity contribution >= 4 is 10.0 Å². The molecule has 1 aromatic heterocycles. The molecule has 1 aliphatic rings. The minimum Gasteiger partial charge on any atom is -0.377 e. The van der Waals surface area contributed by atoms with Crippen LogP contribution in [0.2, 0.25) is 0 Å². The quantitative estimate of drug-likeness (QED) is 0.756. The molecule has 1 fully saturated rings. The summed E-state index contributed by atoms with van der Waals surface area (Å²) in [5.41, 5.74) is 5.87. The molecular formula is C10H12N4O3S. The first-order valence-corrected chi connectivity index (χ1v) is 6.71. The van der Waals surface area contributed by atoms with Crippen LogP contribution in [0.25, 0.3) is 0 Å². The molecule has 7 nitrogen and oxygen atoms in total. The van der Waals surface area contributed by atoms with Crippen molar-refractivity contribution in [1.29, 1.82) is 5.26 Å². The van der Waals surface area contributed by atoms with Crippen molar-refractivity contribution in [3.63, 3.8) is 0 Å². The Bertz CT molecular complexity index is 564. The summed E-state index contributed by atoms with van der Waals surface area (Å²) in [5, 5.41) is 8.61. The summed E-state index contributed by atoms with van der Waals surface area (Å²) >= 11 is 0. The molecule has 0 aromatic carbocycles. The summed E-state index contributed by atoms with van der Waals surface area (Å²) in [6.07, 6.45) is 0.468. The first-order chi connectivity index (χ1) is 8.55. The van der Waals surface area contributed by atoms with Gasteiger partial charge in [-0.3, -0.25) is 0 Å². The molecule has 18 heavy (non-hydrogen) atoms.